The molecule has 2 aromatic carbocycles. The highest BCUT2D eigenvalue weighted by atomic mass is 14.9. The standard InChI is InChI=1S/C14H18N2/c1-11(9-15)10-16-14-8-4-6-12-5-2-3-7-13(12)14/h2-8,11,16H,9-10,15H2,1H3. The normalized spacial score (nSPS) is 12.6. The molecule has 2 nitrogen and oxygen atoms in total. The van der Waals surface area contributed by atoms with Gasteiger partial charge in [0.1, 0.15) is 0 Å². The first-order valence-corrected chi connectivity index (χ1v) is 5.73. The maximum atomic E-state index is 5.61. The van der Waals surface area contributed by atoms with Crippen molar-refractivity contribution in [2.45, 2.75) is 6.92 Å². The Hall–Kier alpha value is -1.54. The lowest BCUT2D eigenvalue weighted by molar-refractivity contribution is 0.628. The van der Waals surface area contributed by atoms with E-state index in [4.69, 9.17) is 5.73 Å². The summed E-state index contributed by atoms with van der Waals surface area (Å²) in [5.41, 5.74) is 6.80. The Labute approximate surface area is 96.5 Å². The van der Waals surface area contributed by atoms with Gasteiger partial charge in [-0.1, -0.05) is 43.3 Å². The zero-order valence-electron chi connectivity index (χ0n) is 9.61. The zero-order chi connectivity index (χ0) is 11.4. The Kier molecular flexibility index (Phi) is 3.42. The number of anilines is 1. The van der Waals surface area contributed by atoms with Crippen LogP contribution in [0.2, 0.25) is 0 Å². The fourth-order valence-corrected chi connectivity index (χ4v) is 1.75. The topological polar surface area (TPSA) is 38.0 Å². The van der Waals surface area contributed by atoms with Crippen LogP contribution in [0.4, 0.5) is 5.69 Å². The third-order valence-corrected chi connectivity index (χ3v) is 2.83. The molecule has 16 heavy (non-hydrogen) atoms. The first kappa shape index (κ1) is 11.0. The van der Waals surface area contributed by atoms with Crippen molar-refractivity contribution in [2.24, 2.45) is 11.7 Å². The Morgan fingerprint density at radius 1 is 1.12 bits per heavy atom. The molecule has 0 aromatic heterocycles. The average Bonchev–Trinajstić information content (AvgIpc) is 2.35. The molecule has 0 spiro atoms. The van der Waals surface area contributed by atoms with Gasteiger partial charge in [0.2, 0.25) is 0 Å². The summed E-state index contributed by atoms with van der Waals surface area (Å²) in [5, 5.41) is 6.00. The van der Waals surface area contributed by atoms with Gasteiger partial charge in [-0.3, -0.25) is 0 Å². The van der Waals surface area contributed by atoms with E-state index in [1.807, 2.05) is 0 Å². The quantitative estimate of drug-likeness (QED) is 0.821. The van der Waals surface area contributed by atoms with Crippen LogP contribution < -0.4 is 11.1 Å². The lowest BCUT2D eigenvalue weighted by Gasteiger charge is -2.13. The molecule has 0 aliphatic rings. The first-order valence-electron chi connectivity index (χ1n) is 5.73. The zero-order valence-corrected chi connectivity index (χ0v) is 9.61. The molecule has 3 N–H and O–H groups in total. The summed E-state index contributed by atoms with van der Waals surface area (Å²) in [7, 11) is 0. The summed E-state index contributed by atoms with van der Waals surface area (Å²) in [6.07, 6.45) is 0. The van der Waals surface area contributed by atoms with Gasteiger partial charge in [0.05, 0.1) is 0 Å². The second-order valence-corrected chi connectivity index (χ2v) is 4.25. The number of nitrogens with two attached hydrogens (primary N) is 1. The second kappa shape index (κ2) is 4.99. The van der Waals surface area contributed by atoms with Crippen LogP contribution >= 0.6 is 0 Å². The van der Waals surface area contributed by atoms with E-state index >= 15 is 0 Å². The van der Waals surface area contributed by atoms with Crippen molar-refractivity contribution in [2.75, 3.05) is 18.4 Å². The van der Waals surface area contributed by atoms with E-state index < -0.39 is 0 Å². The fraction of sp³-hybridized carbons (Fsp3) is 0.286. The van der Waals surface area contributed by atoms with Crippen LogP contribution in [-0.4, -0.2) is 13.1 Å². The Morgan fingerprint density at radius 2 is 1.88 bits per heavy atom. The highest BCUT2D eigenvalue weighted by molar-refractivity contribution is 5.93. The van der Waals surface area contributed by atoms with Crippen molar-refractivity contribution < 1.29 is 0 Å². The third-order valence-electron chi connectivity index (χ3n) is 2.83. The predicted molar refractivity (Wildman–Crippen MR) is 70.7 cm³/mol. The summed E-state index contributed by atoms with van der Waals surface area (Å²) >= 11 is 0. The van der Waals surface area contributed by atoms with Crippen LogP contribution in [0.25, 0.3) is 10.8 Å². The molecular formula is C14H18N2. The Morgan fingerprint density at radius 3 is 2.69 bits per heavy atom. The van der Waals surface area contributed by atoms with Gasteiger partial charge < -0.3 is 11.1 Å². The van der Waals surface area contributed by atoms with E-state index in [1.54, 1.807) is 0 Å². The van der Waals surface area contributed by atoms with E-state index in [2.05, 4.69) is 54.7 Å². The van der Waals surface area contributed by atoms with Crippen molar-refractivity contribution in [3.05, 3.63) is 42.5 Å². The molecule has 0 bridgehead atoms. The smallest absolute Gasteiger partial charge is 0.0419 e. The molecule has 0 saturated carbocycles. The third kappa shape index (κ3) is 2.34. The van der Waals surface area contributed by atoms with E-state index in [1.165, 1.54) is 16.5 Å². The second-order valence-electron chi connectivity index (χ2n) is 4.25. The summed E-state index contributed by atoms with van der Waals surface area (Å²) in [5.74, 6) is 0.499. The van der Waals surface area contributed by atoms with Gasteiger partial charge in [-0.05, 0) is 23.9 Å². The number of nitrogens with one attached hydrogen (secondary N) is 1. The number of rotatable bonds is 4. The monoisotopic (exact) mass is 214 g/mol. The number of benzene rings is 2. The minimum Gasteiger partial charge on any atom is -0.384 e. The van der Waals surface area contributed by atoms with Crippen LogP contribution in [-0.2, 0) is 0 Å². The molecule has 0 aliphatic carbocycles. The van der Waals surface area contributed by atoms with Crippen molar-refractivity contribution in [1.29, 1.82) is 0 Å². The van der Waals surface area contributed by atoms with Gasteiger partial charge in [0.15, 0.2) is 0 Å². The molecule has 2 heteroatoms. The molecular weight excluding hydrogens is 196 g/mol. The van der Waals surface area contributed by atoms with Gasteiger partial charge in [-0.2, -0.15) is 0 Å². The first-order chi connectivity index (χ1) is 7.81. The number of hydrogen-bond donors (Lipinski definition) is 2. The molecule has 1 unspecified atom stereocenters. The SMILES string of the molecule is CC(CN)CNc1cccc2ccccc12. The van der Waals surface area contributed by atoms with E-state index in [9.17, 15) is 0 Å². The molecule has 0 heterocycles. The predicted octanol–water partition coefficient (Wildman–Crippen LogP) is 2.85. The Balaban J connectivity index is 2.23. The summed E-state index contributed by atoms with van der Waals surface area (Å²) in [6, 6.07) is 14.7. The van der Waals surface area contributed by atoms with Crippen LogP contribution in [0.3, 0.4) is 0 Å². The molecule has 0 aliphatic heterocycles. The number of fused-ring (bicyclic) bond motifs is 1. The van der Waals surface area contributed by atoms with Crippen molar-refractivity contribution in [3.8, 4) is 0 Å². The lowest BCUT2D eigenvalue weighted by atomic mass is 10.1. The van der Waals surface area contributed by atoms with E-state index in [0.29, 0.717) is 5.92 Å². The maximum Gasteiger partial charge on any atom is 0.0419 e. The Bertz CT molecular complexity index is 460. The average molecular weight is 214 g/mol. The largest absolute Gasteiger partial charge is 0.384 e. The molecule has 84 valence electrons. The highest BCUT2D eigenvalue weighted by Gasteiger charge is 2.01. The van der Waals surface area contributed by atoms with Gasteiger partial charge in [-0.15, -0.1) is 0 Å². The summed E-state index contributed by atoms with van der Waals surface area (Å²) < 4.78 is 0. The molecule has 2 aromatic rings. The molecule has 1 atom stereocenters. The minimum absolute atomic E-state index is 0.499. The molecule has 0 radical (unpaired) electrons. The van der Waals surface area contributed by atoms with Gasteiger partial charge in [-0.25, -0.2) is 0 Å². The molecule has 2 rings (SSSR count). The van der Waals surface area contributed by atoms with Gasteiger partial charge in [0.25, 0.3) is 0 Å². The van der Waals surface area contributed by atoms with Crippen molar-refractivity contribution in [3.63, 3.8) is 0 Å². The van der Waals surface area contributed by atoms with Crippen molar-refractivity contribution in [1.82, 2.24) is 0 Å². The van der Waals surface area contributed by atoms with Crippen LogP contribution in [0.1, 0.15) is 6.92 Å². The molecule has 0 amide bonds. The highest BCUT2D eigenvalue weighted by Crippen LogP contribution is 2.22. The minimum atomic E-state index is 0.499. The van der Waals surface area contributed by atoms with Crippen LogP contribution in [0, 0.1) is 5.92 Å². The van der Waals surface area contributed by atoms with Crippen LogP contribution in [0.5, 0.6) is 0 Å². The van der Waals surface area contributed by atoms with Gasteiger partial charge >= 0.3 is 0 Å². The summed E-state index contributed by atoms with van der Waals surface area (Å²) in [6.45, 7) is 3.79. The maximum absolute atomic E-state index is 5.61. The molecule has 0 fully saturated rings. The fourth-order valence-electron chi connectivity index (χ4n) is 1.75. The van der Waals surface area contributed by atoms with E-state index in [-0.39, 0.29) is 0 Å². The number of hydrogen-bond acceptors (Lipinski definition) is 2. The van der Waals surface area contributed by atoms with Crippen LogP contribution in [0.15, 0.2) is 42.5 Å². The van der Waals surface area contributed by atoms with Gasteiger partial charge in [0, 0.05) is 17.6 Å². The van der Waals surface area contributed by atoms with Crippen molar-refractivity contribution >= 4 is 16.5 Å². The summed E-state index contributed by atoms with van der Waals surface area (Å²) in [4.78, 5) is 0. The van der Waals surface area contributed by atoms with E-state index in [0.717, 1.165) is 13.1 Å². The lowest BCUT2D eigenvalue weighted by Crippen LogP contribution is -2.19. The molecule has 0 saturated heterocycles.